The van der Waals surface area contributed by atoms with E-state index in [-0.39, 0.29) is 104 Å². The van der Waals surface area contributed by atoms with Crippen molar-refractivity contribution in [3.8, 4) is 11.5 Å². The summed E-state index contributed by atoms with van der Waals surface area (Å²) in [6.07, 6.45) is -5.72. The second kappa shape index (κ2) is 42.1. The normalized spacial score (nSPS) is 21.8. The smallest absolute Gasteiger partial charge is 0.339 e. The molecule has 0 saturated heterocycles. The molecule has 26 heteroatoms. The fourth-order valence-electron chi connectivity index (χ4n) is 21.3. The summed E-state index contributed by atoms with van der Waals surface area (Å²) in [6, 6.07) is 54.9. The Morgan fingerprint density at radius 1 is 0.410 bits per heavy atom. The van der Waals surface area contributed by atoms with E-state index >= 15 is 0 Å². The molecule has 10 aromatic rings. The molecule has 0 aromatic heterocycles. The largest absolute Gasteiger partial charge is 0.463 e. The third-order valence-corrected chi connectivity index (χ3v) is 27.7. The summed E-state index contributed by atoms with van der Waals surface area (Å²) < 4.78 is 69.1. The summed E-state index contributed by atoms with van der Waals surface area (Å²) >= 11 is 0. The molecule has 4 fully saturated rings. The Kier molecular flexibility index (Phi) is 30.7. The van der Waals surface area contributed by atoms with Crippen LogP contribution in [0.4, 0.5) is 0 Å². The quantitative estimate of drug-likeness (QED) is 0.0108. The van der Waals surface area contributed by atoms with E-state index in [2.05, 4.69) is 58.0 Å². The first-order valence-electron chi connectivity index (χ1n) is 46.5. The van der Waals surface area contributed by atoms with Gasteiger partial charge in [0.1, 0.15) is 67.4 Å². The predicted molar refractivity (Wildman–Crippen MR) is 499 cm³/mol. The zero-order valence-corrected chi connectivity index (χ0v) is 77.7. The van der Waals surface area contributed by atoms with Crippen molar-refractivity contribution in [1.29, 1.82) is 0 Å². The Labute approximate surface area is 778 Å². The second-order valence-corrected chi connectivity index (χ2v) is 39.0. The van der Waals surface area contributed by atoms with Gasteiger partial charge < -0.3 is 72.2 Å². The molecule has 4 aliphatic carbocycles. The van der Waals surface area contributed by atoms with Gasteiger partial charge in [-0.1, -0.05) is 173 Å². The van der Waals surface area contributed by atoms with Crippen molar-refractivity contribution < 1.29 is 125 Å². The topological polar surface area (TPSA) is 359 Å². The van der Waals surface area contributed by atoms with Gasteiger partial charge in [0.05, 0.1) is 80.5 Å². The van der Waals surface area contributed by atoms with E-state index in [0.717, 1.165) is 67.6 Å². The minimum Gasteiger partial charge on any atom is -0.463 e. The molecule has 0 spiro atoms. The lowest BCUT2D eigenvalue weighted by atomic mass is 9.38. The number of hydrogen-bond acceptors (Lipinski definition) is 26. The minimum absolute atomic E-state index is 0.0471. The van der Waals surface area contributed by atoms with E-state index in [1.54, 1.807) is 90.1 Å². The van der Waals surface area contributed by atoms with Gasteiger partial charge >= 0.3 is 65.7 Å². The lowest BCUT2D eigenvalue weighted by Crippen LogP contribution is -2.67. The van der Waals surface area contributed by atoms with Crippen LogP contribution in [0.2, 0.25) is 0 Å². The summed E-state index contributed by atoms with van der Waals surface area (Å²) in [7, 11) is 0. The zero-order chi connectivity index (χ0) is 95.6. The van der Waals surface area contributed by atoms with Gasteiger partial charge in [-0.05, 0) is 228 Å². The number of hydrogen-bond donors (Lipinski definition) is 3. The summed E-state index contributed by atoms with van der Waals surface area (Å²) in [6.45, 7) is 17.0. The van der Waals surface area contributed by atoms with Crippen LogP contribution in [0.1, 0.15) is 221 Å². The number of carbonyl (C=O) groups is 11. The average molecular weight is 1830 g/mol. The molecular formula is C108H120O26. The average Bonchev–Trinajstić information content (AvgIpc) is 1.41. The van der Waals surface area contributed by atoms with E-state index < -0.39 is 176 Å². The van der Waals surface area contributed by atoms with E-state index in [1.165, 1.54) is 12.1 Å². The molecular weight excluding hydrogens is 1710 g/mol. The molecule has 14 rings (SSSR count). The minimum atomic E-state index is -1.64. The first-order valence-corrected chi connectivity index (χ1v) is 46.5. The maximum absolute atomic E-state index is 14.8. The molecule has 14 atom stereocenters. The van der Waals surface area contributed by atoms with E-state index in [4.69, 9.17) is 56.8 Å². The molecule has 134 heavy (non-hydrogen) atoms. The Morgan fingerprint density at radius 3 is 1.35 bits per heavy atom. The van der Waals surface area contributed by atoms with E-state index in [9.17, 15) is 68.1 Å². The molecule has 708 valence electrons. The molecule has 3 N–H and O–H groups in total. The van der Waals surface area contributed by atoms with Crippen LogP contribution in [-0.2, 0) is 92.3 Å². The van der Waals surface area contributed by atoms with Crippen molar-refractivity contribution in [3.05, 3.63) is 204 Å². The number of fused-ring (bicyclic) bond motifs is 11. The summed E-state index contributed by atoms with van der Waals surface area (Å²) in [5.74, 6) is -9.58. The number of aliphatic hydroxyl groups excluding tert-OH is 3. The number of carbonyl (C=O) groups excluding carboxylic acids is 11. The monoisotopic (exact) mass is 1830 g/mol. The summed E-state index contributed by atoms with van der Waals surface area (Å²) in [4.78, 5) is 151. The summed E-state index contributed by atoms with van der Waals surface area (Å²) in [5.41, 5.74) is -1.93. The molecule has 10 aromatic carbocycles. The maximum atomic E-state index is 14.8. The Balaban J connectivity index is 0.634. The number of benzene rings is 10. The molecule has 0 radical (unpaired) electrons. The van der Waals surface area contributed by atoms with Crippen molar-refractivity contribution >= 4 is 130 Å². The number of rotatable bonds is 36. The lowest BCUT2D eigenvalue weighted by Gasteiger charge is -2.68. The van der Waals surface area contributed by atoms with E-state index in [1.807, 2.05) is 84.9 Å². The molecule has 0 amide bonds. The highest BCUT2D eigenvalue weighted by atomic mass is 16.6. The van der Waals surface area contributed by atoms with Crippen molar-refractivity contribution in [2.24, 2.45) is 45.8 Å². The van der Waals surface area contributed by atoms with Crippen molar-refractivity contribution in [1.82, 2.24) is 0 Å². The maximum Gasteiger partial charge on any atom is 0.339 e. The van der Waals surface area contributed by atoms with Gasteiger partial charge in [0, 0.05) is 36.3 Å². The van der Waals surface area contributed by atoms with Crippen LogP contribution in [0, 0.1) is 45.8 Å². The molecule has 0 heterocycles. The van der Waals surface area contributed by atoms with Gasteiger partial charge in [0.15, 0.2) is 6.29 Å². The van der Waals surface area contributed by atoms with Crippen LogP contribution >= 0.6 is 0 Å². The highest BCUT2D eigenvalue weighted by molar-refractivity contribution is 6.18. The third-order valence-electron chi connectivity index (χ3n) is 27.7. The zero-order valence-electron chi connectivity index (χ0n) is 77.7. The van der Waals surface area contributed by atoms with Crippen LogP contribution in [0.5, 0.6) is 11.5 Å². The number of aliphatic hydroxyl groups is 3. The predicted octanol–water partition coefficient (Wildman–Crippen LogP) is 18.7. The first kappa shape index (κ1) is 97.8. The SMILES string of the molecule is C[C@H](CCC(=O)OCc1c2ccccc2cc2ccccc12)C1CCC2[C@@]3(C)C(C[C@H](O)[C@]12C)[C@@]1(C)CC[C@@H](OC(=O)c2cc(OC(=O)CCC(=O)OCC(CCOC(=O)c4c5ccccc5cc5ccccc45)OC(=O)CCC(=O)OC(C)(C)C)cc(OC(=O)CCC(=O)OCC(COC(=O)c4c5ccccc5cc5ccccc45)OC(O)CCC(=O)OC(C)(C)C)c2)C[C@H]1C[C@H]3O. The lowest BCUT2D eigenvalue weighted by molar-refractivity contribution is -0.251. The molecule has 4 saturated carbocycles. The highest BCUT2D eigenvalue weighted by Gasteiger charge is 2.71. The number of esters is 11. The molecule has 26 nitrogen and oxygen atoms in total. The fourth-order valence-corrected chi connectivity index (χ4v) is 21.3. The van der Waals surface area contributed by atoms with Crippen molar-refractivity contribution in [2.45, 2.75) is 239 Å². The van der Waals surface area contributed by atoms with E-state index in [0.29, 0.717) is 65.6 Å². The Morgan fingerprint density at radius 2 is 0.836 bits per heavy atom. The van der Waals surface area contributed by atoms with Gasteiger partial charge in [0.25, 0.3) is 0 Å². The highest BCUT2D eigenvalue weighted by Crippen LogP contribution is 2.73. The Bertz CT molecular complexity index is 5900. The first-order chi connectivity index (χ1) is 63.9. The number of ether oxygens (including phenoxy) is 12. The van der Waals surface area contributed by atoms with Crippen molar-refractivity contribution in [3.63, 3.8) is 0 Å². The van der Waals surface area contributed by atoms with Gasteiger partial charge in [0.2, 0.25) is 0 Å². The van der Waals surface area contributed by atoms with Gasteiger partial charge in [-0.15, -0.1) is 0 Å². The molecule has 0 bridgehead atoms. The van der Waals surface area contributed by atoms with Crippen LogP contribution in [0.25, 0.3) is 64.6 Å². The van der Waals surface area contributed by atoms with Gasteiger partial charge in [-0.25, -0.2) is 14.4 Å². The Hall–Kier alpha value is -12.2. The molecule has 0 aliphatic heterocycles. The third kappa shape index (κ3) is 23.2. The van der Waals surface area contributed by atoms with Gasteiger partial charge in [-0.2, -0.15) is 0 Å². The second-order valence-electron chi connectivity index (χ2n) is 39.0. The van der Waals surface area contributed by atoms with Crippen LogP contribution in [0.3, 0.4) is 0 Å². The van der Waals surface area contributed by atoms with Gasteiger partial charge in [-0.3, -0.25) is 38.4 Å². The molecule has 6 unspecified atom stereocenters. The summed E-state index contributed by atoms with van der Waals surface area (Å²) in [5, 5.41) is 46.4. The fraction of sp³-hybridized carbons (Fsp3) is 0.454. The van der Waals surface area contributed by atoms with Crippen LogP contribution < -0.4 is 9.47 Å². The van der Waals surface area contributed by atoms with Crippen LogP contribution in [-0.4, -0.2) is 155 Å². The van der Waals surface area contributed by atoms with Crippen LogP contribution in [0.15, 0.2) is 182 Å². The standard InChI is InChI=1S/C108H120O26/c1-64(35-38-90(111)126-63-84-78-29-17-11-23-65(78)51-66-24-12-18-30-79(66)84)85-36-37-86-107(85,9)89(110)59-87-106(8)49-47-73(56-72(106)57-88(109)108(86,87)10)132-101(120)71-54-75(129-94(115)41-39-91(112)124-60-74(128-93(114)43-45-97(118)133-104(2,3)4)48-50-123-102(121)99-80-31-19-13-25-67(80)52-68-26-14-20-32-81(68)99)58-76(55-71)130-95(116)42-40-92(113)125-61-77(131-96(117)44-46-98(119)134-105(5,6)7)62-127-103(122)100-82-33-21-15-27-69(82)53-70-28-16-22-34-83(70)100/h11-34,51-55,58,64,72-74,77,85-89,96,109-110,117H,35-50,56-57,59-63H2,1-10H3/t64-,72+,73-,74?,77?,85?,86?,87?,88-,89+,96?,106+,107-,108+/m1/s1. The van der Waals surface area contributed by atoms with Crippen molar-refractivity contribution in [2.75, 3.05) is 26.4 Å². The molecule has 4 aliphatic rings.